The maximum absolute atomic E-state index is 13.5. The van der Waals surface area contributed by atoms with Crippen LogP contribution in [0.25, 0.3) is 5.32 Å². The normalized spacial score (nSPS) is 12.1. The van der Waals surface area contributed by atoms with Crippen molar-refractivity contribution in [2.45, 2.75) is 17.7 Å². The molecule has 0 aliphatic rings. The fourth-order valence-corrected chi connectivity index (χ4v) is 4.18. The second-order valence-electron chi connectivity index (χ2n) is 8.63. The zero-order valence-corrected chi connectivity index (χ0v) is 27.8. The smallest absolute Gasteiger partial charge is 0.123 e. The molecule has 223 valence electrons. The Morgan fingerprint density at radius 1 is 0.925 bits per heavy atom. The van der Waals surface area contributed by atoms with Gasteiger partial charge >= 0.3 is 0 Å². The molecule has 4 N–H and O–H groups in total. The van der Waals surface area contributed by atoms with Crippen molar-refractivity contribution in [3.63, 3.8) is 0 Å². The summed E-state index contributed by atoms with van der Waals surface area (Å²) in [6.07, 6.45) is 3.53. The van der Waals surface area contributed by atoms with Crippen LogP contribution >= 0.6 is 11.9 Å². The molecule has 7 nitrogen and oxygen atoms in total. The quantitative estimate of drug-likeness (QED) is 0.0837. The van der Waals surface area contributed by atoms with Crippen molar-refractivity contribution >= 4 is 48.6 Å². The molecule has 0 amide bonds. The van der Waals surface area contributed by atoms with Crippen molar-refractivity contribution < 1.29 is 34.3 Å². The van der Waals surface area contributed by atoms with Gasteiger partial charge in [0.15, 0.2) is 0 Å². The number of hydrogen-bond acceptors (Lipinski definition) is 9. The number of aliphatic imine (C=N–C) groups is 1. The Hall–Kier alpha value is -0.908. The van der Waals surface area contributed by atoms with E-state index in [-0.39, 0.29) is 32.8 Å². The van der Waals surface area contributed by atoms with Gasteiger partial charge < -0.3 is 50.7 Å². The average Bonchev–Trinajstić information content (AvgIpc) is 2.94. The van der Waals surface area contributed by atoms with E-state index in [0.717, 1.165) is 61.7 Å². The molecule has 0 atom stereocenters. The largest absolute Gasteiger partial charge is 0.794 e. The van der Waals surface area contributed by atoms with Crippen LogP contribution in [0.3, 0.4) is 0 Å². The van der Waals surface area contributed by atoms with E-state index in [4.69, 9.17) is 50.6 Å². The maximum Gasteiger partial charge on any atom is 0.123 e. The zero-order valence-electron chi connectivity index (χ0n) is 22.7. The van der Waals surface area contributed by atoms with Gasteiger partial charge in [0.1, 0.15) is 5.82 Å². The minimum absolute atomic E-state index is 0. The number of halogens is 1. The van der Waals surface area contributed by atoms with Crippen LogP contribution in [0.15, 0.2) is 70.2 Å². The molecule has 0 unspecified atom stereocenters. The van der Waals surface area contributed by atoms with Crippen LogP contribution in [0, 0.1) is 5.82 Å². The third kappa shape index (κ3) is 16.5. The van der Waals surface area contributed by atoms with Gasteiger partial charge in [-0.3, -0.25) is 5.14 Å². The van der Waals surface area contributed by atoms with Gasteiger partial charge in [0.2, 0.25) is 0 Å². The Morgan fingerprint density at radius 2 is 1.62 bits per heavy atom. The molecule has 40 heavy (non-hydrogen) atoms. The molecule has 0 spiro atoms. The summed E-state index contributed by atoms with van der Waals surface area (Å²) < 4.78 is 25.0. The van der Waals surface area contributed by atoms with E-state index in [1.807, 2.05) is 24.3 Å². The van der Waals surface area contributed by atoms with Crippen molar-refractivity contribution in [2.24, 2.45) is 15.9 Å². The summed E-state index contributed by atoms with van der Waals surface area (Å²) in [4.78, 5) is 7.93. The average molecular weight is 779 g/mol. The van der Waals surface area contributed by atoms with Crippen LogP contribution in [-0.4, -0.2) is 81.3 Å². The van der Waals surface area contributed by atoms with Crippen molar-refractivity contribution in [1.82, 2.24) is 4.90 Å². The molecule has 12 heteroatoms. The van der Waals surface area contributed by atoms with Gasteiger partial charge in [-0.15, -0.1) is 6.54 Å². The second-order valence-corrected chi connectivity index (χ2v) is 10.2. The van der Waals surface area contributed by atoms with Crippen LogP contribution in [0.1, 0.15) is 18.4 Å². The second kappa shape index (κ2) is 23.6. The third-order valence-electron chi connectivity index (χ3n) is 5.56. The minimum Gasteiger partial charge on any atom is -0.794 e. The van der Waals surface area contributed by atoms with Crippen molar-refractivity contribution in [3.05, 3.63) is 77.0 Å². The number of allylic oxidation sites excluding steroid dienone is 1. The molecule has 0 bridgehead atoms. The maximum atomic E-state index is 13.5. The summed E-state index contributed by atoms with van der Waals surface area (Å²) in [5.74, 6) is 1.07. The predicted octanol–water partition coefficient (Wildman–Crippen LogP) is 4.34. The molecule has 0 aliphatic heterocycles. The standard InChI is InChI=1S/C28H41FN5O2S3.Re/c29-24-5-3-23(4-6-24)28(33-26-7-9-27(39-31)10-8-26)21-25(30)22-36-17-2-1-16-35-18-14-34(15-20-38)13-11-32-12-19-37;/h3-10,21,37-38H,1-2,11-20,22,30-31H2;/q-1;/p-2/b25-21-,33-28?;. The van der Waals surface area contributed by atoms with E-state index in [9.17, 15) is 4.39 Å². The Morgan fingerprint density at radius 3 is 2.27 bits per heavy atom. The van der Waals surface area contributed by atoms with E-state index in [1.54, 1.807) is 18.2 Å². The summed E-state index contributed by atoms with van der Waals surface area (Å²) in [6, 6.07) is 13.7. The van der Waals surface area contributed by atoms with Gasteiger partial charge in [-0.25, -0.2) is 9.38 Å². The first-order valence-corrected chi connectivity index (χ1v) is 15.0. The number of nitrogens with two attached hydrogens (primary N) is 2. The number of unbranched alkanes of at least 4 members (excludes halogenated alkanes) is 1. The van der Waals surface area contributed by atoms with Gasteiger partial charge in [-0.2, -0.15) is 18.1 Å². The SMILES string of the molecule is NSc1ccc(N=C(/C=C(\N)COCCCCOCCN(CC[S-])CC[N-]CC[S-])c2ccc(F)cc2)cc1.[Re]. The van der Waals surface area contributed by atoms with Gasteiger partial charge in [0, 0.05) is 56.3 Å². The van der Waals surface area contributed by atoms with E-state index in [1.165, 1.54) is 24.1 Å². The minimum atomic E-state index is -0.310. The van der Waals surface area contributed by atoms with Gasteiger partial charge in [0.05, 0.1) is 24.6 Å². The first-order valence-electron chi connectivity index (χ1n) is 13.0. The van der Waals surface area contributed by atoms with Crippen molar-refractivity contribution in [1.29, 1.82) is 0 Å². The fourth-order valence-electron chi connectivity index (χ4n) is 3.50. The fraction of sp³-hybridized carbons (Fsp3) is 0.464. The van der Waals surface area contributed by atoms with Crippen molar-refractivity contribution in [2.75, 3.05) is 70.7 Å². The molecule has 2 aromatic carbocycles. The number of nitrogens with zero attached hydrogens (tertiary/aromatic N) is 3. The summed E-state index contributed by atoms with van der Waals surface area (Å²) in [5.41, 5.74) is 8.89. The molecule has 1 radical (unpaired) electrons. The summed E-state index contributed by atoms with van der Waals surface area (Å²) >= 11 is 11.2. The van der Waals surface area contributed by atoms with E-state index >= 15 is 0 Å². The molecule has 0 saturated heterocycles. The van der Waals surface area contributed by atoms with E-state index in [2.05, 4.69) is 10.2 Å². The van der Waals surface area contributed by atoms with Gasteiger partial charge in [-0.05, 0) is 92.5 Å². The topological polar surface area (TPSA) is 100 Å². The molecular weight excluding hydrogens is 740 g/mol. The van der Waals surface area contributed by atoms with E-state index in [0.29, 0.717) is 42.7 Å². The molecule has 2 aromatic rings. The molecule has 0 aliphatic carbocycles. The molecule has 2 rings (SSSR count). The zero-order chi connectivity index (χ0) is 28.1. The van der Waals surface area contributed by atoms with Crippen LogP contribution in [0.2, 0.25) is 0 Å². The van der Waals surface area contributed by atoms with Crippen LogP contribution < -0.4 is 10.9 Å². The van der Waals surface area contributed by atoms with Crippen LogP contribution in [0.4, 0.5) is 10.1 Å². The van der Waals surface area contributed by atoms with Crippen molar-refractivity contribution in [3.8, 4) is 0 Å². The van der Waals surface area contributed by atoms with Crippen LogP contribution in [0.5, 0.6) is 0 Å². The Bertz CT molecular complexity index is 985. The third-order valence-corrected chi connectivity index (χ3v) is 6.47. The van der Waals surface area contributed by atoms with Gasteiger partial charge in [0.25, 0.3) is 0 Å². The molecule has 0 heterocycles. The number of hydrogen-bond donors (Lipinski definition) is 2. The summed E-state index contributed by atoms with van der Waals surface area (Å²) in [5, 5.41) is 10.00. The summed E-state index contributed by atoms with van der Waals surface area (Å²) in [6.45, 7) is 6.35. The monoisotopic (exact) mass is 779 g/mol. The molecule has 0 saturated carbocycles. The summed E-state index contributed by atoms with van der Waals surface area (Å²) in [7, 11) is 0. The Balaban J connectivity index is 0.00000800. The number of rotatable bonds is 21. The predicted molar refractivity (Wildman–Crippen MR) is 166 cm³/mol. The number of benzene rings is 2. The van der Waals surface area contributed by atoms with Crippen LogP contribution in [-0.2, 0) is 55.2 Å². The molecule has 0 aromatic heterocycles. The van der Waals surface area contributed by atoms with E-state index < -0.39 is 0 Å². The number of ether oxygens (including phenoxy) is 2. The first-order chi connectivity index (χ1) is 19.0. The first kappa shape index (κ1) is 37.1. The van der Waals surface area contributed by atoms with Gasteiger partial charge in [-0.1, -0.05) is 0 Å². The molecular formula is C28H39FN5O2ReS3-3. The Labute approximate surface area is 267 Å². The Kier molecular flexibility index (Phi) is 21.9. The molecule has 0 fully saturated rings.